The third-order valence-corrected chi connectivity index (χ3v) is 15.1. The van der Waals surface area contributed by atoms with Gasteiger partial charge in [-0.05, 0) is 65.1 Å². The normalized spacial score (nSPS) is 23.9. The zero-order chi connectivity index (χ0) is 31.8. The van der Waals surface area contributed by atoms with Gasteiger partial charge in [-0.3, -0.25) is 0 Å². The van der Waals surface area contributed by atoms with Gasteiger partial charge in [-0.25, -0.2) is 0 Å². The number of hydrogen-bond acceptors (Lipinski definition) is 3. The smallest absolute Gasteiger partial charge is 0.168 e. The molecule has 0 fully saturated rings. The Hall–Kier alpha value is -4.95. The molecule has 48 heavy (non-hydrogen) atoms. The van der Waals surface area contributed by atoms with Crippen LogP contribution in [0.5, 0.6) is 0 Å². The first-order chi connectivity index (χ1) is 23.7. The molecule has 3 heterocycles. The van der Waals surface area contributed by atoms with Crippen LogP contribution in [0.4, 0.5) is 5.69 Å². The van der Waals surface area contributed by atoms with E-state index < -0.39 is 7.14 Å². The van der Waals surface area contributed by atoms with Crippen molar-refractivity contribution in [2.45, 2.75) is 12.5 Å². The second-order valence-electron chi connectivity index (χ2n) is 13.1. The van der Waals surface area contributed by atoms with Crippen LogP contribution < -0.4 is 15.5 Å². The van der Waals surface area contributed by atoms with Gasteiger partial charge in [-0.1, -0.05) is 127 Å². The van der Waals surface area contributed by atoms with Crippen molar-refractivity contribution in [3.63, 3.8) is 0 Å². The number of hydrogen-bond donors (Lipinski definition) is 0. The molecule has 0 spiro atoms. The van der Waals surface area contributed by atoms with Crippen molar-refractivity contribution < 1.29 is 4.57 Å². The lowest BCUT2D eigenvalue weighted by atomic mass is 9.83. The van der Waals surface area contributed by atoms with Crippen LogP contribution in [0.1, 0.15) is 12.0 Å². The average Bonchev–Trinajstić information content (AvgIpc) is 3.61. The van der Waals surface area contributed by atoms with Gasteiger partial charge in [0.25, 0.3) is 0 Å². The molecule has 1 aromatic heterocycles. The molecule has 2 aliphatic carbocycles. The van der Waals surface area contributed by atoms with Crippen LogP contribution in [0.2, 0.25) is 0 Å². The monoisotopic (exact) mass is 653 g/mol. The molecule has 4 heteroatoms. The van der Waals surface area contributed by atoms with Crippen molar-refractivity contribution in [3.05, 3.63) is 180 Å². The summed E-state index contributed by atoms with van der Waals surface area (Å²) in [7, 11) is -3.10. The van der Waals surface area contributed by atoms with E-state index in [1.54, 1.807) is 0 Å². The minimum Gasteiger partial charge on any atom is -0.337 e. The Bertz CT molecular complexity index is 2480. The highest BCUT2D eigenvalue weighted by atomic mass is 32.1. The molecule has 4 aliphatic rings. The van der Waals surface area contributed by atoms with Crippen LogP contribution in [0.25, 0.3) is 36.9 Å². The molecule has 2 aliphatic heterocycles. The fraction of sp³-hybridized carbons (Fsp3) is 0.0909. The first kappa shape index (κ1) is 28.1. The fourth-order valence-electron chi connectivity index (χ4n) is 8.53. The number of rotatable bonds is 3. The van der Waals surface area contributed by atoms with Crippen LogP contribution in [0.15, 0.2) is 175 Å². The van der Waals surface area contributed by atoms with E-state index in [4.69, 9.17) is 0 Å². The van der Waals surface area contributed by atoms with Gasteiger partial charge in [-0.15, -0.1) is 11.3 Å². The minimum atomic E-state index is -3.10. The second kappa shape index (κ2) is 10.8. The summed E-state index contributed by atoms with van der Waals surface area (Å²) in [5, 5.41) is 5.68. The quantitative estimate of drug-likeness (QED) is 0.177. The Balaban J connectivity index is 1.12. The van der Waals surface area contributed by atoms with Crippen molar-refractivity contribution in [3.8, 4) is 11.1 Å². The number of allylic oxidation sites excluding steroid dienone is 6. The Labute approximate surface area is 284 Å². The Morgan fingerprint density at radius 3 is 2.33 bits per heavy atom. The molecule has 4 atom stereocenters. The predicted molar refractivity (Wildman–Crippen MR) is 205 cm³/mol. The first-order valence-corrected chi connectivity index (χ1v) is 19.3. The summed E-state index contributed by atoms with van der Waals surface area (Å²) in [5.74, 6) is 0.0657. The predicted octanol–water partition coefficient (Wildman–Crippen LogP) is 10.9. The van der Waals surface area contributed by atoms with Gasteiger partial charge in [-0.2, -0.15) is 0 Å². The van der Waals surface area contributed by atoms with E-state index in [1.165, 1.54) is 42.6 Å². The van der Waals surface area contributed by atoms with E-state index in [-0.39, 0.29) is 17.9 Å². The molecule has 0 N–H and O–H groups in total. The van der Waals surface area contributed by atoms with E-state index in [0.29, 0.717) is 0 Å². The highest BCUT2D eigenvalue weighted by Crippen LogP contribution is 2.67. The summed E-state index contributed by atoms with van der Waals surface area (Å²) >= 11 is 1.86. The third kappa shape index (κ3) is 4.02. The Kier molecular flexibility index (Phi) is 6.31. The Morgan fingerprint density at radius 1 is 0.688 bits per heavy atom. The maximum Gasteiger partial charge on any atom is 0.168 e. The number of fused-ring (bicyclic) bond motifs is 9. The van der Waals surface area contributed by atoms with Crippen molar-refractivity contribution in [2.24, 2.45) is 11.8 Å². The second-order valence-corrected chi connectivity index (χ2v) is 16.9. The first-order valence-electron chi connectivity index (χ1n) is 16.7. The summed E-state index contributed by atoms with van der Waals surface area (Å²) < 4.78 is 18.6. The molecule has 0 bridgehead atoms. The van der Waals surface area contributed by atoms with Crippen molar-refractivity contribution in [1.29, 1.82) is 0 Å². The lowest BCUT2D eigenvalue weighted by Gasteiger charge is -2.40. The van der Waals surface area contributed by atoms with Gasteiger partial charge < -0.3 is 9.46 Å². The molecule has 0 saturated heterocycles. The molecule has 4 unspecified atom stereocenters. The average molecular weight is 654 g/mol. The maximum atomic E-state index is 15.9. The van der Waals surface area contributed by atoms with Crippen LogP contribution in [-0.4, -0.2) is 6.04 Å². The highest BCUT2D eigenvalue weighted by Gasteiger charge is 2.52. The number of benzene rings is 5. The summed E-state index contributed by atoms with van der Waals surface area (Å²) in [6, 6.07) is 43.4. The topological polar surface area (TPSA) is 20.3 Å². The minimum absolute atomic E-state index is 0.00444. The molecule has 6 aromatic rings. The molecule has 0 saturated carbocycles. The molecule has 10 rings (SSSR count). The molecule has 0 radical (unpaired) electrons. The zero-order valence-corrected chi connectivity index (χ0v) is 27.9. The standard InChI is InChI=1S/C44H32NOPS/c46-47(32-12-2-1-3-13-32)40-20-10-6-17-36(40)43-34-15-4-8-18-38(34)45(39-19-9-5-16-35(39)44(43)47)31-25-22-29(23-26-31)30-24-27-42-37(28-30)33-14-7-11-21-41(33)48-42/h1-15,17-28,34-35,38H,16H2. The molecule has 5 aromatic carbocycles. The van der Waals surface area contributed by atoms with Gasteiger partial charge in [0, 0.05) is 59.3 Å². The van der Waals surface area contributed by atoms with Crippen molar-refractivity contribution >= 4 is 60.5 Å². The van der Waals surface area contributed by atoms with Crippen LogP contribution in [-0.2, 0) is 4.57 Å². The highest BCUT2D eigenvalue weighted by molar-refractivity contribution is 7.83. The third-order valence-electron chi connectivity index (χ3n) is 10.6. The summed E-state index contributed by atoms with van der Waals surface area (Å²) in [6.45, 7) is 0. The van der Waals surface area contributed by atoms with Gasteiger partial charge >= 0.3 is 0 Å². The molecular weight excluding hydrogens is 622 g/mol. The molecule has 0 amide bonds. The van der Waals surface area contributed by atoms with E-state index in [1.807, 2.05) is 29.5 Å². The largest absolute Gasteiger partial charge is 0.337 e. The summed E-state index contributed by atoms with van der Waals surface area (Å²) in [6.07, 6.45) is 16.6. The Morgan fingerprint density at radius 2 is 1.44 bits per heavy atom. The van der Waals surface area contributed by atoms with Crippen LogP contribution in [0, 0.1) is 11.8 Å². The molecule has 2 nitrogen and oxygen atoms in total. The van der Waals surface area contributed by atoms with Gasteiger partial charge in [0.15, 0.2) is 7.14 Å². The number of anilines is 1. The summed E-state index contributed by atoms with van der Waals surface area (Å²) in [5.41, 5.74) is 7.22. The lowest BCUT2D eigenvalue weighted by Crippen LogP contribution is -2.40. The van der Waals surface area contributed by atoms with Crippen molar-refractivity contribution in [1.82, 2.24) is 0 Å². The maximum absolute atomic E-state index is 15.9. The number of nitrogens with zero attached hydrogens (tertiary/aromatic N) is 1. The van der Waals surface area contributed by atoms with Gasteiger partial charge in [0.05, 0.1) is 6.04 Å². The van der Waals surface area contributed by atoms with E-state index in [0.717, 1.165) is 33.6 Å². The van der Waals surface area contributed by atoms with Crippen molar-refractivity contribution in [2.75, 3.05) is 4.90 Å². The fourth-order valence-corrected chi connectivity index (χ4v) is 13.1. The van der Waals surface area contributed by atoms with E-state index in [9.17, 15) is 0 Å². The molecule has 230 valence electrons. The lowest BCUT2D eigenvalue weighted by molar-refractivity contribution is 0.584. The number of thiophene rings is 1. The van der Waals surface area contributed by atoms with E-state index in [2.05, 4.69) is 151 Å². The SMILES string of the molecule is O=P1(c2ccccc2)C2=C(c3ccccc31)C1C=CC=CC1N(c1ccc(-c3ccc4sc5ccccc5c4c3)cc1)C1=CC=CCC12. The van der Waals surface area contributed by atoms with Crippen LogP contribution >= 0.6 is 18.5 Å². The van der Waals surface area contributed by atoms with Gasteiger partial charge in [0.2, 0.25) is 0 Å². The van der Waals surface area contributed by atoms with Crippen LogP contribution in [0.3, 0.4) is 0 Å². The van der Waals surface area contributed by atoms with E-state index >= 15 is 4.57 Å². The van der Waals surface area contributed by atoms with Gasteiger partial charge in [0.1, 0.15) is 0 Å². The molecular formula is C44H32NOPS. The zero-order valence-electron chi connectivity index (χ0n) is 26.2. The summed E-state index contributed by atoms with van der Waals surface area (Å²) in [4.78, 5) is 2.54.